The largest absolute Gasteiger partial charge is 0.337 e. The Kier molecular flexibility index (Phi) is 5.22. The third-order valence-corrected chi connectivity index (χ3v) is 5.96. The molecule has 0 saturated carbocycles. The molecule has 1 saturated heterocycles. The number of likely N-dealkylation sites (tertiary alicyclic amines) is 1. The average molecular weight is 408 g/mol. The lowest BCUT2D eigenvalue weighted by atomic mass is 9.92. The minimum atomic E-state index is -0.139. The van der Waals surface area contributed by atoms with Crippen molar-refractivity contribution in [1.29, 1.82) is 0 Å². The van der Waals surface area contributed by atoms with E-state index in [-0.39, 0.29) is 16.9 Å². The zero-order chi connectivity index (χ0) is 21.5. The van der Waals surface area contributed by atoms with E-state index in [1.807, 2.05) is 36.2 Å². The summed E-state index contributed by atoms with van der Waals surface area (Å²) in [6, 6.07) is 9.45. The molecule has 3 aromatic rings. The van der Waals surface area contributed by atoms with Crippen LogP contribution < -0.4 is 5.56 Å². The van der Waals surface area contributed by atoms with Crippen molar-refractivity contribution in [1.82, 2.24) is 24.2 Å². The van der Waals surface area contributed by atoms with Crippen LogP contribution in [0, 0.1) is 5.92 Å². The molecule has 1 amide bonds. The Hall–Kier alpha value is -2.96. The smallest absolute Gasteiger partial charge is 0.275 e. The second-order valence-electron chi connectivity index (χ2n) is 9.24. The van der Waals surface area contributed by atoms with E-state index in [2.05, 4.69) is 30.9 Å². The Morgan fingerprint density at radius 1 is 1.17 bits per heavy atom. The van der Waals surface area contributed by atoms with Gasteiger partial charge in [-0.1, -0.05) is 39.0 Å². The van der Waals surface area contributed by atoms with Crippen molar-refractivity contribution in [2.45, 2.75) is 45.6 Å². The van der Waals surface area contributed by atoms with Crippen LogP contribution in [0.4, 0.5) is 0 Å². The zero-order valence-electron chi connectivity index (χ0n) is 18.1. The van der Waals surface area contributed by atoms with Crippen LogP contribution in [0.2, 0.25) is 0 Å². The van der Waals surface area contributed by atoms with Crippen LogP contribution in [-0.2, 0) is 19.0 Å². The Bertz CT molecular complexity index is 1130. The summed E-state index contributed by atoms with van der Waals surface area (Å²) in [4.78, 5) is 31.9. The number of carbonyl (C=O) groups excluding carboxylic acids is 1. The first kappa shape index (κ1) is 20.3. The van der Waals surface area contributed by atoms with Crippen molar-refractivity contribution >= 4 is 16.8 Å². The first-order valence-electron chi connectivity index (χ1n) is 10.5. The van der Waals surface area contributed by atoms with Crippen LogP contribution in [0.15, 0.2) is 41.5 Å². The number of nitrogens with zero attached hydrogens (tertiary/aromatic N) is 5. The predicted molar refractivity (Wildman–Crippen MR) is 117 cm³/mol. The number of para-hydroxylation sites is 1. The lowest BCUT2D eigenvalue weighted by Crippen LogP contribution is -2.40. The summed E-state index contributed by atoms with van der Waals surface area (Å²) in [6.45, 7) is 8.15. The Morgan fingerprint density at radius 3 is 2.53 bits per heavy atom. The van der Waals surface area contributed by atoms with E-state index >= 15 is 0 Å². The fourth-order valence-corrected chi connectivity index (χ4v) is 4.09. The molecule has 0 spiro atoms. The first-order chi connectivity index (χ1) is 14.2. The zero-order valence-corrected chi connectivity index (χ0v) is 18.1. The molecular formula is C23H29N5O2. The molecule has 0 unspecified atom stereocenters. The van der Waals surface area contributed by atoms with Gasteiger partial charge < -0.3 is 4.90 Å². The van der Waals surface area contributed by atoms with Gasteiger partial charge in [-0.15, -0.1) is 0 Å². The van der Waals surface area contributed by atoms with E-state index < -0.39 is 0 Å². The molecule has 0 N–H and O–H groups in total. The summed E-state index contributed by atoms with van der Waals surface area (Å²) < 4.78 is 3.46. The summed E-state index contributed by atoms with van der Waals surface area (Å²) in [6.07, 6.45) is 3.40. The molecule has 1 aliphatic rings. The monoisotopic (exact) mass is 407 g/mol. The molecule has 0 aliphatic carbocycles. The highest BCUT2D eigenvalue weighted by Crippen LogP contribution is 2.24. The van der Waals surface area contributed by atoms with Gasteiger partial charge in [0.25, 0.3) is 11.5 Å². The van der Waals surface area contributed by atoms with Crippen LogP contribution in [0.3, 0.4) is 0 Å². The number of piperidine rings is 1. The molecule has 1 aliphatic heterocycles. The van der Waals surface area contributed by atoms with Crippen LogP contribution in [-0.4, -0.2) is 43.2 Å². The molecule has 1 aromatic carbocycles. The molecular weight excluding hydrogens is 378 g/mol. The maximum absolute atomic E-state index is 13.1. The maximum atomic E-state index is 13.1. The quantitative estimate of drug-likeness (QED) is 0.669. The maximum Gasteiger partial charge on any atom is 0.275 e. The lowest BCUT2D eigenvalue weighted by molar-refractivity contribution is 0.0677. The summed E-state index contributed by atoms with van der Waals surface area (Å²) >= 11 is 0. The average Bonchev–Trinajstić information content (AvgIpc) is 3.06. The van der Waals surface area contributed by atoms with Gasteiger partial charge in [0, 0.05) is 43.5 Å². The van der Waals surface area contributed by atoms with Gasteiger partial charge in [-0.3, -0.25) is 18.8 Å². The Balaban J connectivity index is 1.42. The number of hydrogen-bond donors (Lipinski definition) is 0. The molecule has 30 heavy (non-hydrogen) atoms. The van der Waals surface area contributed by atoms with Crippen molar-refractivity contribution in [2.24, 2.45) is 13.0 Å². The molecule has 2 aromatic heterocycles. The topological polar surface area (TPSA) is 73.0 Å². The highest BCUT2D eigenvalue weighted by atomic mass is 16.2. The Labute approximate surface area is 176 Å². The summed E-state index contributed by atoms with van der Waals surface area (Å²) in [5.74, 6) is 0.341. The number of rotatable bonds is 3. The first-order valence-corrected chi connectivity index (χ1v) is 10.5. The summed E-state index contributed by atoms with van der Waals surface area (Å²) in [5.41, 5.74) is 2.14. The van der Waals surface area contributed by atoms with Gasteiger partial charge in [-0.2, -0.15) is 5.10 Å². The summed E-state index contributed by atoms with van der Waals surface area (Å²) in [7, 11) is 1.86. The van der Waals surface area contributed by atoms with Gasteiger partial charge in [-0.25, -0.2) is 4.98 Å². The molecule has 7 heteroatoms. The lowest BCUT2D eigenvalue weighted by Gasteiger charge is -2.32. The highest BCUT2D eigenvalue weighted by molar-refractivity contribution is 6.04. The third-order valence-electron chi connectivity index (χ3n) is 5.96. The molecule has 1 fully saturated rings. The number of aryl methyl sites for hydroxylation is 1. The minimum Gasteiger partial charge on any atom is -0.337 e. The number of amides is 1. The van der Waals surface area contributed by atoms with Gasteiger partial charge in [0.1, 0.15) is 0 Å². The molecule has 0 bridgehead atoms. The predicted octanol–water partition coefficient (Wildman–Crippen LogP) is 2.98. The Morgan fingerprint density at radius 2 is 1.87 bits per heavy atom. The van der Waals surface area contributed by atoms with Crippen molar-refractivity contribution in [2.75, 3.05) is 13.1 Å². The van der Waals surface area contributed by atoms with E-state index in [1.54, 1.807) is 21.6 Å². The molecule has 4 rings (SSSR count). The molecule has 3 heterocycles. The second kappa shape index (κ2) is 7.70. The van der Waals surface area contributed by atoms with Crippen molar-refractivity contribution in [3.63, 3.8) is 0 Å². The van der Waals surface area contributed by atoms with E-state index in [0.717, 1.165) is 29.4 Å². The number of hydrogen-bond acceptors (Lipinski definition) is 4. The highest BCUT2D eigenvalue weighted by Gasteiger charge is 2.27. The van der Waals surface area contributed by atoms with Crippen LogP contribution in [0.5, 0.6) is 0 Å². The number of carbonyl (C=O) groups is 1. The number of benzene rings is 1. The molecule has 158 valence electrons. The molecule has 0 atom stereocenters. The van der Waals surface area contributed by atoms with Crippen LogP contribution in [0.25, 0.3) is 10.9 Å². The number of aromatic nitrogens is 4. The van der Waals surface area contributed by atoms with Crippen molar-refractivity contribution in [3.8, 4) is 0 Å². The van der Waals surface area contributed by atoms with Crippen LogP contribution in [0.1, 0.15) is 49.8 Å². The van der Waals surface area contributed by atoms with E-state index in [4.69, 9.17) is 0 Å². The SMILES string of the molecule is Cn1nc(C(=O)N2CCC(Cn3cnc(C(C)(C)C)cc3=O)CC2)c2ccccc21. The van der Waals surface area contributed by atoms with Gasteiger partial charge in [0.05, 0.1) is 17.5 Å². The van der Waals surface area contributed by atoms with Gasteiger partial charge in [-0.05, 0) is 24.8 Å². The number of fused-ring (bicyclic) bond motifs is 1. The van der Waals surface area contributed by atoms with Gasteiger partial charge in [0.2, 0.25) is 0 Å². The molecule has 0 radical (unpaired) electrons. The van der Waals surface area contributed by atoms with Crippen molar-refractivity contribution in [3.05, 3.63) is 58.4 Å². The van der Waals surface area contributed by atoms with Gasteiger partial charge >= 0.3 is 0 Å². The summed E-state index contributed by atoms with van der Waals surface area (Å²) in [5, 5.41) is 5.36. The minimum absolute atomic E-state index is 0.00612. The second-order valence-corrected chi connectivity index (χ2v) is 9.24. The fourth-order valence-electron chi connectivity index (χ4n) is 4.09. The standard InChI is InChI=1S/C23H29N5O2/c1-23(2,3)19-13-20(29)28(15-24-19)14-16-9-11-27(12-10-16)22(30)21-17-7-5-6-8-18(17)26(4)25-21/h5-8,13,15-16H,9-12,14H2,1-4H3. The van der Waals surface area contributed by atoms with Crippen molar-refractivity contribution < 1.29 is 4.79 Å². The van der Waals surface area contributed by atoms with Crippen LogP contribution >= 0.6 is 0 Å². The fraction of sp³-hybridized carbons (Fsp3) is 0.478. The molecule has 7 nitrogen and oxygen atoms in total. The van der Waals surface area contributed by atoms with E-state index in [0.29, 0.717) is 31.2 Å². The third kappa shape index (κ3) is 3.88. The van der Waals surface area contributed by atoms with E-state index in [9.17, 15) is 9.59 Å². The normalized spacial score (nSPS) is 15.7. The van der Waals surface area contributed by atoms with E-state index in [1.165, 1.54) is 0 Å². The van der Waals surface area contributed by atoms with Gasteiger partial charge in [0.15, 0.2) is 5.69 Å².